The maximum absolute atomic E-state index is 12.5. The molecule has 0 saturated carbocycles. The number of anilines is 1. The van der Waals surface area contributed by atoms with Crippen LogP contribution in [0.4, 0.5) is 5.69 Å². The number of halogens is 1. The number of ether oxygens (including phenoxy) is 1. The summed E-state index contributed by atoms with van der Waals surface area (Å²) in [6.07, 6.45) is 3.02. The van der Waals surface area contributed by atoms with E-state index in [2.05, 4.69) is 20.7 Å². The Morgan fingerprint density at radius 1 is 1.03 bits per heavy atom. The second kappa shape index (κ2) is 9.41. The summed E-state index contributed by atoms with van der Waals surface area (Å²) >= 11 is 3.26. The average molecular weight is 481 g/mol. The first-order valence-electron chi connectivity index (χ1n) is 9.18. The van der Waals surface area contributed by atoms with Gasteiger partial charge in [-0.1, -0.05) is 22.0 Å². The number of nitrogens with one attached hydrogen (secondary N) is 1. The Balaban J connectivity index is 1.63. The third-order valence-electron chi connectivity index (χ3n) is 4.51. The molecular formula is C20H21BrN2O5S. The Hall–Kier alpha value is -2.39. The normalized spacial score (nSPS) is 14.3. The number of hydrogen-bond donors (Lipinski definition) is 1. The van der Waals surface area contributed by atoms with Gasteiger partial charge in [0.2, 0.25) is 0 Å². The van der Waals surface area contributed by atoms with Gasteiger partial charge in [-0.3, -0.25) is 9.52 Å². The molecular weight excluding hydrogens is 460 g/mol. The summed E-state index contributed by atoms with van der Waals surface area (Å²) in [5, 5.41) is 0. The largest absolute Gasteiger partial charge is 0.452 e. The molecule has 2 aromatic rings. The van der Waals surface area contributed by atoms with Crippen molar-refractivity contribution in [2.24, 2.45) is 0 Å². The molecule has 0 aliphatic carbocycles. The zero-order valence-corrected chi connectivity index (χ0v) is 18.0. The van der Waals surface area contributed by atoms with Gasteiger partial charge in [0.1, 0.15) is 0 Å². The standard InChI is InChI=1S/C20H21BrN2O5S/c21-16-7-9-18(10-8-16)29(26,27)22-17-6-4-5-15(13-17)20(25)28-14-19(24)23-11-2-1-3-12-23/h4-10,13,22H,1-3,11-12,14H2. The van der Waals surface area contributed by atoms with Gasteiger partial charge in [0.25, 0.3) is 15.9 Å². The molecule has 154 valence electrons. The summed E-state index contributed by atoms with van der Waals surface area (Å²) in [6.45, 7) is 1.04. The van der Waals surface area contributed by atoms with Gasteiger partial charge in [-0.2, -0.15) is 0 Å². The number of esters is 1. The molecule has 0 radical (unpaired) electrons. The van der Waals surface area contributed by atoms with Crippen LogP contribution in [-0.4, -0.2) is 44.9 Å². The fourth-order valence-electron chi connectivity index (χ4n) is 2.98. The predicted octanol–water partition coefficient (Wildman–Crippen LogP) is 3.42. The number of sulfonamides is 1. The molecule has 0 spiro atoms. The third-order valence-corrected chi connectivity index (χ3v) is 6.44. The fourth-order valence-corrected chi connectivity index (χ4v) is 4.30. The smallest absolute Gasteiger partial charge is 0.338 e. The summed E-state index contributed by atoms with van der Waals surface area (Å²) < 4.78 is 33.3. The average Bonchev–Trinajstić information content (AvgIpc) is 2.72. The molecule has 1 fully saturated rings. The molecule has 1 amide bonds. The summed E-state index contributed by atoms with van der Waals surface area (Å²) in [6, 6.07) is 12.2. The Morgan fingerprint density at radius 3 is 2.41 bits per heavy atom. The molecule has 3 rings (SSSR count). The molecule has 2 aromatic carbocycles. The molecule has 1 N–H and O–H groups in total. The van der Waals surface area contributed by atoms with E-state index in [9.17, 15) is 18.0 Å². The van der Waals surface area contributed by atoms with E-state index in [0.717, 1.165) is 23.7 Å². The molecule has 0 aromatic heterocycles. The third kappa shape index (κ3) is 5.80. The van der Waals surface area contributed by atoms with Crippen LogP contribution in [0, 0.1) is 0 Å². The number of amides is 1. The Kier molecular flexibility index (Phi) is 6.92. The summed E-state index contributed by atoms with van der Waals surface area (Å²) in [5.41, 5.74) is 0.386. The van der Waals surface area contributed by atoms with E-state index < -0.39 is 16.0 Å². The molecule has 7 nitrogen and oxygen atoms in total. The van der Waals surface area contributed by atoms with Gasteiger partial charge in [-0.25, -0.2) is 13.2 Å². The molecule has 1 aliphatic heterocycles. The van der Waals surface area contributed by atoms with Crippen LogP contribution in [0.25, 0.3) is 0 Å². The molecule has 0 bridgehead atoms. The van der Waals surface area contributed by atoms with E-state index in [1.54, 1.807) is 23.1 Å². The first kappa shape index (κ1) is 21.3. The molecule has 9 heteroatoms. The van der Waals surface area contributed by atoms with Crippen LogP contribution >= 0.6 is 15.9 Å². The predicted molar refractivity (Wildman–Crippen MR) is 112 cm³/mol. The van der Waals surface area contributed by atoms with Crippen molar-refractivity contribution in [3.05, 3.63) is 58.6 Å². The molecule has 29 heavy (non-hydrogen) atoms. The molecule has 1 saturated heterocycles. The van der Waals surface area contributed by atoms with Crippen LogP contribution in [0.2, 0.25) is 0 Å². The van der Waals surface area contributed by atoms with Gasteiger partial charge in [-0.05, 0) is 61.7 Å². The van der Waals surface area contributed by atoms with Crippen molar-refractivity contribution in [2.75, 3.05) is 24.4 Å². The van der Waals surface area contributed by atoms with Gasteiger partial charge in [0.15, 0.2) is 6.61 Å². The van der Waals surface area contributed by atoms with Crippen molar-refractivity contribution in [3.63, 3.8) is 0 Å². The monoisotopic (exact) mass is 480 g/mol. The second-order valence-corrected chi connectivity index (χ2v) is 9.26. The zero-order chi connectivity index (χ0) is 20.9. The quantitative estimate of drug-likeness (QED) is 0.639. The number of benzene rings is 2. The van der Waals surface area contributed by atoms with E-state index in [1.807, 2.05) is 0 Å². The Labute approximate surface area is 178 Å². The van der Waals surface area contributed by atoms with E-state index in [4.69, 9.17) is 4.74 Å². The zero-order valence-electron chi connectivity index (χ0n) is 15.6. The number of rotatable bonds is 6. The Morgan fingerprint density at radius 2 is 1.72 bits per heavy atom. The summed E-state index contributed by atoms with van der Waals surface area (Å²) in [5.74, 6) is -0.898. The molecule has 1 heterocycles. The van der Waals surface area contributed by atoms with Crippen LogP contribution < -0.4 is 4.72 Å². The van der Waals surface area contributed by atoms with E-state index in [-0.39, 0.29) is 28.7 Å². The number of likely N-dealkylation sites (tertiary alicyclic amines) is 1. The molecule has 1 aliphatic rings. The van der Waals surface area contributed by atoms with E-state index in [1.165, 1.54) is 30.3 Å². The van der Waals surface area contributed by atoms with E-state index >= 15 is 0 Å². The highest BCUT2D eigenvalue weighted by atomic mass is 79.9. The van der Waals surface area contributed by atoms with Crippen molar-refractivity contribution in [2.45, 2.75) is 24.2 Å². The number of piperidine rings is 1. The number of nitrogens with zero attached hydrogens (tertiary/aromatic N) is 1. The van der Waals surface area contributed by atoms with Crippen LogP contribution in [-0.2, 0) is 19.6 Å². The Bertz CT molecular complexity index is 986. The van der Waals surface area contributed by atoms with Crippen LogP contribution in [0.5, 0.6) is 0 Å². The van der Waals surface area contributed by atoms with Gasteiger partial charge < -0.3 is 9.64 Å². The second-order valence-electron chi connectivity index (χ2n) is 6.66. The summed E-state index contributed by atoms with van der Waals surface area (Å²) in [4.78, 5) is 26.2. The lowest BCUT2D eigenvalue weighted by Crippen LogP contribution is -2.38. The minimum absolute atomic E-state index is 0.0980. The van der Waals surface area contributed by atoms with Crippen molar-refractivity contribution < 1.29 is 22.7 Å². The minimum Gasteiger partial charge on any atom is -0.452 e. The lowest BCUT2D eigenvalue weighted by atomic mass is 10.1. The maximum Gasteiger partial charge on any atom is 0.338 e. The highest BCUT2D eigenvalue weighted by Gasteiger charge is 2.19. The van der Waals surface area contributed by atoms with Crippen molar-refractivity contribution >= 4 is 43.5 Å². The van der Waals surface area contributed by atoms with Gasteiger partial charge >= 0.3 is 5.97 Å². The lowest BCUT2D eigenvalue weighted by molar-refractivity contribution is -0.135. The SMILES string of the molecule is O=C(OCC(=O)N1CCCCC1)c1cccc(NS(=O)(=O)c2ccc(Br)cc2)c1. The van der Waals surface area contributed by atoms with Crippen molar-refractivity contribution in [1.29, 1.82) is 0 Å². The first-order chi connectivity index (χ1) is 13.8. The number of carbonyl (C=O) groups is 2. The number of carbonyl (C=O) groups excluding carboxylic acids is 2. The minimum atomic E-state index is -3.80. The highest BCUT2D eigenvalue weighted by molar-refractivity contribution is 9.10. The first-order valence-corrected chi connectivity index (χ1v) is 11.5. The van der Waals surface area contributed by atoms with Crippen molar-refractivity contribution in [3.8, 4) is 0 Å². The maximum atomic E-state index is 12.5. The summed E-state index contributed by atoms with van der Waals surface area (Å²) in [7, 11) is -3.80. The highest BCUT2D eigenvalue weighted by Crippen LogP contribution is 2.20. The van der Waals surface area contributed by atoms with Gasteiger partial charge in [-0.15, -0.1) is 0 Å². The van der Waals surface area contributed by atoms with Gasteiger partial charge in [0.05, 0.1) is 10.5 Å². The fraction of sp³-hybridized carbons (Fsp3) is 0.300. The van der Waals surface area contributed by atoms with Crippen LogP contribution in [0.1, 0.15) is 29.6 Å². The number of hydrogen-bond acceptors (Lipinski definition) is 5. The molecule has 0 unspecified atom stereocenters. The topological polar surface area (TPSA) is 92.8 Å². The van der Waals surface area contributed by atoms with Crippen molar-refractivity contribution in [1.82, 2.24) is 4.90 Å². The van der Waals surface area contributed by atoms with Crippen LogP contribution in [0.3, 0.4) is 0 Å². The van der Waals surface area contributed by atoms with Gasteiger partial charge in [0, 0.05) is 23.2 Å². The van der Waals surface area contributed by atoms with E-state index in [0.29, 0.717) is 13.1 Å². The lowest BCUT2D eigenvalue weighted by Gasteiger charge is -2.26. The molecule has 0 atom stereocenters. The van der Waals surface area contributed by atoms with Crippen LogP contribution in [0.15, 0.2) is 57.9 Å².